The maximum Gasteiger partial charge on any atom is 0.239 e. The Kier molecular flexibility index (Phi) is 6.03. The Bertz CT molecular complexity index is 475. The molecule has 0 bridgehead atoms. The van der Waals surface area contributed by atoms with E-state index in [2.05, 4.69) is 11.9 Å². The van der Waals surface area contributed by atoms with Crippen LogP contribution in [0.3, 0.4) is 0 Å². The van der Waals surface area contributed by atoms with Crippen LogP contribution in [0.25, 0.3) is 0 Å². The molecule has 110 valence electrons. The first-order valence-corrected chi connectivity index (χ1v) is 6.47. The van der Waals surface area contributed by atoms with Crippen molar-refractivity contribution in [2.24, 2.45) is 0 Å². The van der Waals surface area contributed by atoms with E-state index in [9.17, 15) is 9.18 Å². The minimum absolute atomic E-state index is 0.0669. The molecule has 0 fully saturated rings. The number of nitrogens with zero attached hydrogens (tertiary/aromatic N) is 1. The standard InChI is InChI=1S/C15H21FN2O2/c1-5-8-17-15(19)10-18(11(2)3)12-6-7-14(20-4)13(16)9-12/h5-7,9,11H,1,8,10H2,2-4H3,(H,17,19). The molecule has 0 heterocycles. The Balaban J connectivity index is 2.88. The molecular formula is C15H21FN2O2. The second-order valence-corrected chi connectivity index (χ2v) is 4.63. The molecule has 1 rings (SSSR count). The average molecular weight is 280 g/mol. The third-order valence-corrected chi connectivity index (χ3v) is 2.85. The molecule has 0 atom stereocenters. The number of carbonyl (C=O) groups excluding carboxylic acids is 1. The maximum atomic E-state index is 13.7. The van der Waals surface area contributed by atoms with Crippen LogP contribution in [-0.4, -0.2) is 32.1 Å². The lowest BCUT2D eigenvalue weighted by molar-refractivity contribution is -0.119. The summed E-state index contributed by atoms with van der Waals surface area (Å²) >= 11 is 0. The minimum Gasteiger partial charge on any atom is -0.494 e. The summed E-state index contributed by atoms with van der Waals surface area (Å²) in [4.78, 5) is 13.6. The second-order valence-electron chi connectivity index (χ2n) is 4.63. The predicted octanol–water partition coefficient (Wildman–Crippen LogP) is 2.35. The number of methoxy groups -OCH3 is 1. The summed E-state index contributed by atoms with van der Waals surface area (Å²) in [6.45, 7) is 8.02. The fraction of sp³-hybridized carbons (Fsp3) is 0.400. The third-order valence-electron chi connectivity index (χ3n) is 2.85. The molecule has 5 heteroatoms. The van der Waals surface area contributed by atoms with Gasteiger partial charge in [-0.3, -0.25) is 4.79 Å². The van der Waals surface area contributed by atoms with Gasteiger partial charge in [0.2, 0.25) is 5.91 Å². The van der Waals surface area contributed by atoms with Crippen LogP contribution in [0.4, 0.5) is 10.1 Å². The van der Waals surface area contributed by atoms with Crippen molar-refractivity contribution in [3.8, 4) is 5.75 Å². The highest BCUT2D eigenvalue weighted by Gasteiger charge is 2.16. The van der Waals surface area contributed by atoms with Gasteiger partial charge in [-0.05, 0) is 26.0 Å². The summed E-state index contributed by atoms with van der Waals surface area (Å²) in [7, 11) is 1.42. The van der Waals surface area contributed by atoms with Gasteiger partial charge in [-0.1, -0.05) is 6.08 Å². The van der Waals surface area contributed by atoms with Gasteiger partial charge in [0.15, 0.2) is 11.6 Å². The van der Waals surface area contributed by atoms with Crippen LogP contribution in [0.5, 0.6) is 5.75 Å². The van der Waals surface area contributed by atoms with E-state index in [0.29, 0.717) is 12.2 Å². The van der Waals surface area contributed by atoms with Crippen molar-refractivity contribution in [2.75, 3.05) is 25.1 Å². The van der Waals surface area contributed by atoms with E-state index in [-0.39, 0.29) is 24.2 Å². The van der Waals surface area contributed by atoms with E-state index in [1.807, 2.05) is 18.7 Å². The van der Waals surface area contributed by atoms with Crippen LogP contribution in [0.1, 0.15) is 13.8 Å². The highest BCUT2D eigenvalue weighted by atomic mass is 19.1. The molecule has 1 aromatic carbocycles. The molecule has 1 aromatic rings. The number of hydrogen-bond acceptors (Lipinski definition) is 3. The first-order chi connectivity index (χ1) is 9.49. The molecule has 0 aliphatic heterocycles. The van der Waals surface area contributed by atoms with Crippen molar-refractivity contribution < 1.29 is 13.9 Å². The minimum atomic E-state index is -0.442. The lowest BCUT2D eigenvalue weighted by atomic mass is 10.2. The molecule has 0 aliphatic rings. The van der Waals surface area contributed by atoms with Gasteiger partial charge in [-0.15, -0.1) is 6.58 Å². The molecule has 0 saturated heterocycles. The molecule has 20 heavy (non-hydrogen) atoms. The zero-order valence-electron chi connectivity index (χ0n) is 12.1. The predicted molar refractivity (Wildman–Crippen MR) is 78.6 cm³/mol. The number of anilines is 1. The topological polar surface area (TPSA) is 41.6 Å². The summed E-state index contributed by atoms with van der Waals surface area (Å²) in [5.41, 5.74) is 0.645. The second kappa shape index (κ2) is 7.53. The number of rotatable bonds is 7. The van der Waals surface area contributed by atoms with Crippen LogP contribution < -0.4 is 15.0 Å². The van der Waals surface area contributed by atoms with Gasteiger partial charge in [-0.2, -0.15) is 0 Å². The van der Waals surface area contributed by atoms with Gasteiger partial charge in [-0.25, -0.2) is 4.39 Å². The van der Waals surface area contributed by atoms with Gasteiger partial charge in [0.1, 0.15) is 0 Å². The lowest BCUT2D eigenvalue weighted by Gasteiger charge is -2.28. The first-order valence-electron chi connectivity index (χ1n) is 6.47. The Morgan fingerprint density at radius 3 is 2.75 bits per heavy atom. The molecule has 0 spiro atoms. The molecule has 0 aromatic heterocycles. The molecule has 0 aliphatic carbocycles. The summed E-state index contributed by atoms with van der Waals surface area (Å²) in [6, 6.07) is 4.74. The van der Waals surface area contributed by atoms with E-state index in [0.717, 1.165) is 0 Å². The molecule has 4 nitrogen and oxygen atoms in total. The summed E-state index contributed by atoms with van der Waals surface area (Å²) in [5, 5.41) is 2.71. The molecule has 1 amide bonds. The Morgan fingerprint density at radius 2 is 2.25 bits per heavy atom. The highest BCUT2D eigenvalue weighted by Crippen LogP contribution is 2.24. The average Bonchev–Trinajstić information content (AvgIpc) is 2.42. The molecule has 0 saturated carbocycles. The maximum absolute atomic E-state index is 13.7. The third kappa shape index (κ3) is 4.26. The quantitative estimate of drug-likeness (QED) is 0.780. The number of amides is 1. The van der Waals surface area contributed by atoms with Gasteiger partial charge < -0.3 is 15.0 Å². The van der Waals surface area contributed by atoms with E-state index in [4.69, 9.17) is 4.74 Å². The van der Waals surface area contributed by atoms with Crippen LogP contribution in [-0.2, 0) is 4.79 Å². The number of halogens is 1. The van der Waals surface area contributed by atoms with Gasteiger partial charge in [0.05, 0.1) is 13.7 Å². The lowest BCUT2D eigenvalue weighted by Crippen LogP contribution is -2.41. The number of hydrogen-bond donors (Lipinski definition) is 1. The van der Waals surface area contributed by atoms with E-state index in [1.165, 1.54) is 13.2 Å². The van der Waals surface area contributed by atoms with E-state index >= 15 is 0 Å². The van der Waals surface area contributed by atoms with Crippen LogP contribution >= 0.6 is 0 Å². The number of benzene rings is 1. The number of nitrogens with one attached hydrogen (secondary N) is 1. The largest absolute Gasteiger partial charge is 0.494 e. The van der Waals surface area contributed by atoms with Crippen LogP contribution in [0, 0.1) is 5.82 Å². The molecule has 1 N–H and O–H groups in total. The van der Waals surface area contributed by atoms with Gasteiger partial charge in [0.25, 0.3) is 0 Å². The number of carbonyl (C=O) groups is 1. The molecule has 0 unspecified atom stereocenters. The fourth-order valence-electron chi connectivity index (χ4n) is 1.80. The Labute approximate surface area is 119 Å². The monoisotopic (exact) mass is 280 g/mol. The fourth-order valence-corrected chi connectivity index (χ4v) is 1.80. The van der Waals surface area contributed by atoms with Crippen molar-refractivity contribution in [1.82, 2.24) is 5.32 Å². The van der Waals surface area contributed by atoms with Crippen molar-refractivity contribution in [1.29, 1.82) is 0 Å². The zero-order chi connectivity index (χ0) is 15.1. The van der Waals surface area contributed by atoms with Gasteiger partial charge >= 0.3 is 0 Å². The summed E-state index contributed by atoms with van der Waals surface area (Å²) in [6.07, 6.45) is 1.62. The Hall–Kier alpha value is -2.04. The smallest absolute Gasteiger partial charge is 0.239 e. The van der Waals surface area contributed by atoms with Crippen molar-refractivity contribution in [2.45, 2.75) is 19.9 Å². The SMILES string of the molecule is C=CCNC(=O)CN(c1ccc(OC)c(F)c1)C(C)C. The normalized spacial score (nSPS) is 10.2. The van der Waals surface area contributed by atoms with Crippen molar-refractivity contribution in [3.05, 3.63) is 36.7 Å². The van der Waals surface area contributed by atoms with Crippen molar-refractivity contribution >= 4 is 11.6 Å². The summed E-state index contributed by atoms with van der Waals surface area (Å²) < 4.78 is 18.6. The van der Waals surface area contributed by atoms with Crippen LogP contribution in [0.2, 0.25) is 0 Å². The van der Waals surface area contributed by atoms with Crippen LogP contribution in [0.15, 0.2) is 30.9 Å². The molecular weight excluding hydrogens is 259 g/mol. The number of ether oxygens (including phenoxy) is 1. The Morgan fingerprint density at radius 1 is 1.55 bits per heavy atom. The zero-order valence-corrected chi connectivity index (χ0v) is 12.1. The first kappa shape index (κ1) is 16.0. The van der Waals surface area contributed by atoms with E-state index < -0.39 is 5.82 Å². The van der Waals surface area contributed by atoms with Gasteiger partial charge in [0, 0.05) is 24.3 Å². The van der Waals surface area contributed by atoms with E-state index in [1.54, 1.807) is 18.2 Å². The summed E-state index contributed by atoms with van der Waals surface area (Å²) in [5.74, 6) is -0.384. The van der Waals surface area contributed by atoms with Crippen molar-refractivity contribution in [3.63, 3.8) is 0 Å². The molecule has 0 radical (unpaired) electrons. The highest BCUT2D eigenvalue weighted by molar-refractivity contribution is 5.81.